The molecule has 1 heterocycles. The van der Waals surface area contributed by atoms with Gasteiger partial charge in [-0.2, -0.15) is 0 Å². The Hall–Kier alpha value is -3.20. The minimum absolute atomic E-state index is 0.116. The highest BCUT2D eigenvalue weighted by Gasteiger charge is 2.12. The molecule has 0 aliphatic heterocycles. The summed E-state index contributed by atoms with van der Waals surface area (Å²) in [7, 11) is 0. The van der Waals surface area contributed by atoms with Crippen molar-refractivity contribution in [3.05, 3.63) is 76.6 Å². The van der Waals surface area contributed by atoms with Crippen LogP contribution < -0.4 is 10.9 Å². The van der Waals surface area contributed by atoms with E-state index in [1.807, 2.05) is 0 Å². The first kappa shape index (κ1) is 18.6. The van der Waals surface area contributed by atoms with Crippen molar-refractivity contribution in [2.24, 2.45) is 0 Å². The Morgan fingerprint density at radius 2 is 1.59 bits per heavy atom. The van der Waals surface area contributed by atoms with Gasteiger partial charge in [-0.3, -0.25) is 20.4 Å². The van der Waals surface area contributed by atoms with Crippen LogP contribution in [0.1, 0.15) is 16.1 Å². The molecule has 0 aliphatic carbocycles. The zero-order valence-electron chi connectivity index (χ0n) is 13.6. The molecule has 0 radical (unpaired) electrons. The molecule has 9 heteroatoms. The van der Waals surface area contributed by atoms with Crippen LogP contribution in [0.5, 0.6) is 0 Å². The number of hydrogen-bond donors (Lipinski definition) is 2. The quantitative estimate of drug-likeness (QED) is 0.671. The predicted molar refractivity (Wildman–Crippen MR) is 93.2 cm³/mol. The van der Waals surface area contributed by atoms with E-state index in [-0.39, 0.29) is 17.8 Å². The minimum Gasteiger partial charge on any atom is -0.273 e. The molecule has 0 atom stereocenters. The lowest BCUT2D eigenvalue weighted by Crippen LogP contribution is -2.42. The topological polar surface area (TPSA) is 71.1 Å². The molecule has 0 saturated heterocycles. The smallest absolute Gasteiger partial charge is 0.269 e. The first-order valence-corrected chi connectivity index (χ1v) is 8.54. The van der Waals surface area contributed by atoms with E-state index in [2.05, 4.69) is 15.8 Å². The maximum atomic E-state index is 13.1. The van der Waals surface area contributed by atoms with E-state index in [0.29, 0.717) is 16.8 Å². The lowest BCUT2D eigenvalue weighted by Gasteiger charge is -2.07. The van der Waals surface area contributed by atoms with Crippen LogP contribution in [-0.4, -0.2) is 16.8 Å². The van der Waals surface area contributed by atoms with Crippen molar-refractivity contribution in [3.8, 4) is 10.6 Å². The molecule has 138 valence electrons. The van der Waals surface area contributed by atoms with Gasteiger partial charge in [-0.05, 0) is 36.4 Å². The van der Waals surface area contributed by atoms with Gasteiger partial charge in [-0.1, -0.05) is 0 Å². The summed E-state index contributed by atoms with van der Waals surface area (Å²) in [4.78, 5) is 28.0. The standard InChI is InChI=1S/C18H12F3N3O2S/c19-12-3-1-10(2-4-12)18-22-15(9-27-18)8-16(25)23-24-17(26)11-5-13(20)7-14(21)6-11/h1-7,9H,8H2,(H,23,25)(H,24,26). The molecule has 5 nitrogen and oxygen atoms in total. The third kappa shape index (κ3) is 4.91. The monoisotopic (exact) mass is 391 g/mol. The number of aromatic nitrogens is 1. The molecule has 0 spiro atoms. The van der Waals surface area contributed by atoms with Crippen LogP contribution >= 0.6 is 11.3 Å². The first-order valence-electron chi connectivity index (χ1n) is 7.66. The molecule has 2 amide bonds. The first-order chi connectivity index (χ1) is 12.9. The average Bonchev–Trinajstić information content (AvgIpc) is 3.08. The third-order valence-electron chi connectivity index (χ3n) is 3.42. The van der Waals surface area contributed by atoms with E-state index in [1.165, 1.54) is 23.5 Å². The minimum atomic E-state index is -0.901. The Morgan fingerprint density at radius 1 is 0.926 bits per heavy atom. The largest absolute Gasteiger partial charge is 0.273 e. The highest BCUT2D eigenvalue weighted by molar-refractivity contribution is 7.13. The van der Waals surface area contributed by atoms with Gasteiger partial charge in [0.2, 0.25) is 5.91 Å². The van der Waals surface area contributed by atoms with Crippen molar-refractivity contribution >= 4 is 23.2 Å². The highest BCUT2D eigenvalue weighted by Crippen LogP contribution is 2.24. The van der Waals surface area contributed by atoms with Crippen LogP contribution in [0.4, 0.5) is 13.2 Å². The molecule has 0 aliphatic rings. The molecule has 27 heavy (non-hydrogen) atoms. The van der Waals surface area contributed by atoms with Crippen molar-refractivity contribution in [2.45, 2.75) is 6.42 Å². The van der Waals surface area contributed by atoms with Crippen LogP contribution in [0.2, 0.25) is 0 Å². The Morgan fingerprint density at radius 3 is 2.26 bits per heavy atom. The zero-order chi connectivity index (χ0) is 19.4. The van der Waals surface area contributed by atoms with Gasteiger partial charge in [0.1, 0.15) is 22.5 Å². The molecular weight excluding hydrogens is 379 g/mol. The lowest BCUT2D eigenvalue weighted by atomic mass is 10.2. The SMILES string of the molecule is O=C(Cc1csc(-c2ccc(F)cc2)n1)NNC(=O)c1cc(F)cc(F)c1. The second-order valence-electron chi connectivity index (χ2n) is 5.49. The van der Waals surface area contributed by atoms with Gasteiger partial charge in [0.25, 0.3) is 5.91 Å². The highest BCUT2D eigenvalue weighted by atomic mass is 32.1. The molecule has 0 saturated carbocycles. The van der Waals surface area contributed by atoms with E-state index in [0.717, 1.165) is 17.7 Å². The van der Waals surface area contributed by atoms with Gasteiger partial charge >= 0.3 is 0 Å². The summed E-state index contributed by atoms with van der Waals surface area (Å²) in [6.45, 7) is 0. The summed E-state index contributed by atoms with van der Waals surface area (Å²) in [6, 6.07) is 8.12. The number of halogens is 3. The van der Waals surface area contributed by atoms with Crippen molar-refractivity contribution in [1.29, 1.82) is 0 Å². The molecule has 0 unspecified atom stereocenters. The summed E-state index contributed by atoms with van der Waals surface area (Å²) >= 11 is 1.29. The van der Waals surface area contributed by atoms with Crippen LogP contribution in [-0.2, 0) is 11.2 Å². The fourth-order valence-corrected chi connectivity index (χ4v) is 3.03. The number of nitrogens with zero attached hydrogens (tertiary/aromatic N) is 1. The van der Waals surface area contributed by atoms with Crippen LogP contribution in [0.25, 0.3) is 10.6 Å². The van der Waals surface area contributed by atoms with E-state index in [1.54, 1.807) is 17.5 Å². The predicted octanol–water partition coefficient (Wildman–Crippen LogP) is 3.23. The van der Waals surface area contributed by atoms with E-state index in [4.69, 9.17) is 0 Å². The van der Waals surface area contributed by atoms with Crippen molar-refractivity contribution in [1.82, 2.24) is 15.8 Å². The Bertz CT molecular complexity index is 970. The molecule has 2 aromatic carbocycles. The number of hydrogen-bond acceptors (Lipinski definition) is 4. The number of benzene rings is 2. The molecular formula is C18H12F3N3O2S. The summed E-state index contributed by atoms with van der Waals surface area (Å²) in [5.74, 6) is -3.57. The molecule has 1 aromatic heterocycles. The Balaban J connectivity index is 1.56. The number of rotatable bonds is 4. The fourth-order valence-electron chi connectivity index (χ4n) is 2.21. The second kappa shape index (κ2) is 8.00. The number of nitrogens with one attached hydrogen (secondary N) is 2. The van der Waals surface area contributed by atoms with Crippen LogP contribution in [0, 0.1) is 17.5 Å². The number of carbonyl (C=O) groups excluding carboxylic acids is 2. The molecule has 2 N–H and O–H groups in total. The summed E-state index contributed by atoms with van der Waals surface area (Å²) in [5, 5.41) is 2.29. The normalized spacial score (nSPS) is 10.5. The third-order valence-corrected chi connectivity index (χ3v) is 4.36. The molecule has 0 bridgehead atoms. The fraction of sp³-hybridized carbons (Fsp3) is 0.0556. The summed E-state index contributed by atoms with van der Waals surface area (Å²) < 4.78 is 39.2. The maximum absolute atomic E-state index is 13.1. The maximum Gasteiger partial charge on any atom is 0.269 e. The number of hydrazine groups is 1. The van der Waals surface area contributed by atoms with E-state index >= 15 is 0 Å². The van der Waals surface area contributed by atoms with Crippen molar-refractivity contribution in [2.75, 3.05) is 0 Å². The molecule has 3 aromatic rings. The van der Waals surface area contributed by atoms with Crippen molar-refractivity contribution < 1.29 is 22.8 Å². The van der Waals surface area contributed by atoms with Crippen LogP contribution in [0.15, 0.2) is 47.8 Å². The molecule has 0 fully saturated rings. The van der Waals surface area contributed by atoms with Crippen LogP contribution in [0.3, 0.4) is 0 Å². The average molecular weight is 391 g/mol. The summed E-state index contributed by atoms with van der Waals surface area (Å²) in [6.07, 6.45) is -0.116. The zero-order valence-corrected chi connectivity index (χ0v) is 14.4. The number of amides is 2. The van der Waals surface area contributed by atoms with Crippen molar-refractivity contribution in [3.63, 3.8) is 0 Å². The van der Waals surface area contributed by atoms with E-state index < -0.39 is 23.4 Å². The summed E-state index contributed by atoms with van der Waals surface area (Å²) in [5.41, 5.74) is 5.15. The molecule has 3 rings (SSSR count). The van der Waals surface area contributed by atoms with Gasteiger partial charge < -0.3 is 0 Å². The van der Waals surface area contributed by atoms with Gasteiger partial charge in [0.05, 0.1) is 12.1 Å². The van der Waals surface area contributed by atoms with Gasteiger partial charge in [0.15, 0.2) is 0 Å². The number of carbonyl (C=O) groups is 2. The van der Waals surface area contributed by atoms with Gasteiger partial charge in [0, 0.05) is 22.6 Å². The Labute approximate surface area is 155 Å². The lowest BCUT2D eigenvalue weighted by molar-refractivity contribution is -0.121. The van der Waals surface area contributed by atoms with Gasteiger partial charge in [-0.15, -0.1) is 11.3 Å². The van der Waals surface area contributed by atoms with E-state index in [9.17, 15) is 22.8 Å². The second-order valence-corrected chi connectivity index (χ2v) is 6.35. The number of thiazole rings is 1. The van der Waals surface area contributed by atoms with Gasteiger partial charge in [-0.25, -0.2) is 18.2 Å². The Kier molecular flexibility index (Phi) is 5.51.